The van der Waals surface area contributed by atoms with Crippen LogP contribution in [0.4, 0.5) is 0 Å². The van der Waals surface area contributed by atoms with Crippen molar-refractivity contribution in [2.45, 2.75) is 31.9 Å². The molecule has 0 bridgehead atoms. The molecule has 0 saturated carbocycles. The Bertz CT molecular complexity index is 395. The van der Waals surface area contributed by atoms with Gasteiger partial charge in [-0.05, 0) is 12.5 Å². The maximum Gasteiger partial charge on any atom is 0 e. The van der Waals surface area contributed by atoms with Gasteiger partial charge in [-0.25, -0.2) is 0 Å². The predicted octanol–water partition coefficient (Wildman–Crippen LogP) is 3.42. The fraction of sp³-hybridized carbons (Fsp3) is 0.357. The molecule has 3 nitrogen and oxygen atoms in total. The number of hydrogen-bond acceptors (Lipinski definition) is 0. The quantitative estimate of drug-likeness (QED) is 0.340. The summed E-state index contributed by atoms with van der Waals surface area (Å²) >= 11 is 6.14. The molecule has 0 unspecified atom stereocenters. The first-order chi connectivity index (χ1) is 8.93. The van der Waals surface area contributed by atoms with Gasteiger partial charge in [0, 0.05) is 17.4 Å². The first-order valence-corrected chi connectivity index (χ1v) is 9.21. The Balaban J connectivity index is -0.000000162. The molecule has 1 aromatic rings. The maximum absolute atomic E-state index is 7.50. The Morgan fingerprint density at radius 1 is 0.950 bits per heavy atom. The largest absolute Gasteiger partial charge is 0 e. The first-order valence-electron chi connectivity index (χ1n) is 5.27. The summed E-state index contributed by atoms with van der Waals surface area (Å²) in [5, 5.41) is 1.61. The van der Waals surface area contributed by atoms with Gasteiger partial charge in [0.05, 0.1) is 13.5 Å². The molecule has 6 heteroatoms. The molecule has 0 amide bonds. The van der Waals surface area contributed by atoms with Crippen LogP contribution in [0.5, 0.6) is 0 Å². The summed E-state index contributed by atoms with van der Waals surface area (Å²) in [6, 6.07) is 8.54. The van der Waals surface area contributed by atoms with Gasteiger partial charge in [-0.3, -0.25) is 0 Å². The molecule has 0 aliphatic rings. The van der Waals surface area contributed by atoms with Crippen LogP contribution in [0, 0.1) is 20.0 Å². The van der Waals surface area contributed by atoms with Gasteiger partial charge in [-0.15, -0.1) is 11.6 Å². The SMILES string of the molecule is C[C@H](Cl)c1ccccc1[Si](C)(C)C.[C-]#[O+].[C-]#[O+].[C-]#[O+].[Cr]. The van der Waals surface area contributed by atoms with Gasteiger partial charge in [-0.2, -0.15) is 0 Å². The fourth-order valence-corrected chi connectivity index (χ4v) is 3.57. The van der Waals surface area contributed by atoms with Crippen LogP contribution in [0.3, 0.4) is 0 Å². The first kappa shape index (κ1) is 27.8. The second-order valence-corrected chi connectivity index (χ2v) is 10.1. The number of hydrogen-bond donors (Lipinski definition) is 0. The zero-order valence-electron chi connectivity index (χ0n) is 11.9. The van der Waals surface area contributed by atoms with Crippen molar-refractivity contribution in [3.05, 3.63) is 49.8 Å². The standard InChI is InChI=1S/C11H17ClSi.3CO.Cr/c1-9(12)10-7-5-6-8-11(10)13(2,3)4;3*1-2;/h5-9H,1-4H3;;;;/t9-;;;;/m0..../s1. The van der Waals surface area contributed by atoms with Crippen molar-refractivity contribution in [1.82, 2.24) is 0 Å². The van der Waals surface area contributed by atoms with Gasteiger partial charge < -0.3 is 0 Å². The van der Waals surface area contributed by atoms with Gasteiger partial charge in [0.25, 0.3) is 0 Å². The van der Waals surface area contributed by atoms with Crippen molar-refractivity contribution in [3.63, 3.8) is 0 Å². The Hall–Kier alpha value is -0.521. The van der Waals surface area contributed by atoms with Crippen LogP contribution >= 0.6 is 11.6 Å². The fourth-order valence-electron chi connectivity index (χ4n) is 1.53. The third kappa shape index (κ3) is 11.3. The van der Waals surface area contributed by atoms with Crippen LogP contribution < -0.4 is 5.19 Å². The molecule has 1 atom stereocenters. The maximum atomic E-state index is 7.50. The Morgan fingerprint density at radius 2 is 1.30 bits per heavy atom. The third-order valence-corrected chi connectivity index (χ3v) is 4.50. The van der Waals surface area contributed by atoms with Crippen LogP contribution in [0.15, 0.2) is 24.3 Å². The summed E-state index contributed by atoms with van der Waals surface area (Å²) in [7, 11) is -1.23. The molecule has 0 radical (unpaired) electrons. The van der Waals surface area contributed by atoms with Crippen LogP contribution in [0.2, 0.25) is 19.6 Å². The van der Waals surface area contributed by atoms with E-state index in [1.807, 2.05) is 6.92 Å². The van der Waals surface area contributed by atoms with Gasteiger partial charge in [0.15, 0.2) is 0 Å². The average molecular weight is 349 g/mol. The van der Waals surface area contributed by atoms with E-state index >= 15 is 0 Å². The number of benzene rings is 1. The summed E-state index contributed by atoms with van der Waals surface area (Å²) in [6.45, 7) is 22.6. The molecular formula is C14H17ClCrO3Si. The van der Waals surface area contributed by atoms with E-state index < -0.39 is 8.07 Å². The van der Waals surface area contributed by atoms with E-state index in [1.54, 1.807) is 0 Å². The Kier molecular flexibility index (Phi) is 22.9. The summed E-state index contributed by atoms with van der Waals surface area (Å²) in [4.78, 5) is 0. The molecule has 0 aliphatic carbocycles. The molecule has 0 fully saturated rings. The molecular weight excluding hydrogens is 332 g/mol. The van der Waals surface area contributed by atoms with Gasteiger partial charge in [-0.1, -0.05) is 49.1 Å². The monoisotopic (exact) mass is 348 g/mol. The molecule has 0 heterocycles. The molecule has 1 aromatic carbocycles. The van der Waals surface area contributed by atoms with E-state index in [9.17, 15) is 0 Å². The smallest absolute Gasteiger partial charge is 0 e. The zero-order valence-corrected chi connectivity index (χ0v) is 14.9. The molecule has 0 N–H and O–H groups in total. The molecule has 0 saturated heterocycles. The molecule has 108 valence electrons. The normalized spacial score (nSPS) is 9.55. The van der Waals surface area contributed by atoms with Gasteiger partial charge in [0.2, 0.25) is 0 Å². The molecule has 0 aliphatic heterocycles. The summed E-state index contributed by atoms with van der Waals surface area (Å²) in [6.07, 6.45) is 0. The Morgan fingerprint density at radius 3 is 1.55 bits per heavy atom. The minimum atomic E-state index is -1.23. The van der Waals surface area contributed by atoms with Crippen LogP contribution in [0.1, 0.15) is 17.9 Å². The van der Waals surface area contributed by atoms with Crippen molar-refractivity contribution < 1.29 is 31.3 Å². The van der Waals surface area contributed by atoms with Crippen molar-refractivity contribution in [2.24, 2.45) is 0 Å². The number of halogens is 1. The van der Waals surface area contributed by atoms with Crippen molar-refractivity contribution in [2.75, 3.05) is 0 Å². The molecule has 0 spiro atoms. The summed E-state index contributed by atoms with van der Waals surface area (Å²) in [5.41, 5.74) is 1.31. The minimum absolute atomic E-state index is 0. The summed E-state index contributed by atoms with van der Waals surface area (Å²) in [5.74, 6) is 0. The molecule has 1 rings (SSSR count). The van der Waals surface area contributed by atoms with E-state index in [2.05, 4.69) is 63.9 Å². The molecule has 0 aromatic heterocycles. The van der Waals surface area contributed by atoms with E-state index in [4.69, 9.17) is 25.6 Å². The van der Waals surface area contributed by atoms with Crippen molar-refractivity contribution >= 4 is 24.9 Å². The second kappa shape index (κ2) is 16.5. The van der Waals surface area contributed by atoms with Crippen LogP contribution in [-0.2, 0) is 31.3 Å². The second-order valence-electron chi connectivity index (χ2n) is 4.45. The van der Waals surface area contributed by atoms with Crippen LogP contribution in [0.25, 0.3) is 0 Å². The van der Waals surface area contributed by atoms with Gasteiger partial charge in [0.1, 0.15) is 0 Å². The van der Waals surface area contributed by atoms with E-state index in [0.717, 1.165) is 0 Å². The number of rotatable bonds is 2. The zero-order chi connectivity index (χ0) is 16.1. The van der Waals surface area contributed by atoms with Gasteiger partial charge >= 0.3 is 33.9 Å². The third-order valence-electron chi connectivity index (χ3n) is 2.20. The summed E-state index contributed by atoms with van der Waals surface area (Å²) < 4.78 is 22.5. The van der Waals surface area contributed by atoms with Crippen molar-refractivity contribution in [3.8, 4) is 0 Å². The Labute approximate surface area is 138 Å². The van der Waals surface area contributed by atoms with Crippen molar-refractivity contribution in [1.29, 1.82) is 0 Å². The number of alkyl halides is 1. The minimum Gasteiger partial charge on any atom is 0 e. The van der Waals surface area contributed by atoms with E-state index in [1.165, 1.54) is 10.8 Å². The molecule has 20 heavy (non-hydrogen) atoms. The topological polar surface area (TPSA) is 59.7 Å². The van der Waals surface area contributed by atoms with E-state index in [0.29, 0.717) is 0 Å². The van der Waals surface area contributed by atoms with Crippen LogP contribution in [-0.4, -0.2) is 8.07 Å². The predicted molar refractivity (Wildman–Crippen MR) is 75.5 cm³/mol. The average Bonchev–Trinajstić information content (AvgIpc) is 2.44. The van der Waals surface area contributed by atoms with E-state index in [-0.39, 0.29) is 22.7 Å².